The van der Waals surface area contributed by atoms with Crippen molar-refractivity contribution < 1.29 is 0 Å². The fraction of sp³-hybridized carbons (Fsp3) is 0.265. The van der Waals surface area contributed by atoms with Crippen LogP contribution in [0.15, 0.2) is 128 Å². The molecule has 0 radical (unpaired) electrons. The molecule has 0 saturated heterocycles. The van der Waals surface area contributed by atoms with Gasteiger partial charge in [-0.2, -0.15) is 0 Å². The number of nitrogens with zero attached hydrogens (tertiary/aromatic N) is 3. The fourth-order valence-electron chi connectivity index (χ4n) is 12.6. The van der Waals surface area contributed by atoms with Crippen LogP contribution in [0.1, 0.15) is 68.2 Å². The van der Waals surface area contributed by atoms with Gasteiger partial charge in [0.15, 0.2) is 0 Å². The molecular formula is C49H41N3. The minimum Gasteiger partial charge on any atom is -0.308 e. The first kappa shape index (κ1) is 29.3. The van der Waals surface area contributed by atoms with Crippen molar-refractivity contribution in [1.29, 1.82) is 0 Å². The van der Waals surface area contributed by atoms with Gasteiger partial charge in [-0.05, 0) is 119 Å². The van der Waals surface area contributed by atoms with E-state index in [4.69, 9.17) is 9.97 Å². The first-order valence-electron chi connectivity index (χ1n) is 19.4. The summed E-state index contributed by atoms with van der Waals surface area (Å²) in [6.45, 7) is 4.81. The maximum atomic E-state index is 5.23. The largest absolute Gasteiger partial charge is 0.308 e. The van der Waals surface area contributed by atoms with Crippen LogP contribution < -0.4 is 4.90 Å². The Morgan fingerprint density at radius 2 is 1.21 bits per heavy atom. The number of fused-ring (bicyclic) bond motifs is 9. The Morgan fingerprint density at radius 3 is 2.04 bits per heavy atom. The average Bonchev–Trinajstić information content (AvgIpc) is 3.60. The monoisotopic (exact) mass is 671 g/mol. The number of anilines is 3. The molecule has 13 rings (SSSR count). The molecule has 0 N–H and O–H groups in total. The lowest BCUT2D eigenvalue weighted by atomic mass is 9.43. The van der Waals surface area contributed by atoms with Crippen molar-refractivity contribution >= 4 is 38.9 Å². The van der Waals surface area contributed by atoms with Gasteiger partial charge in [-0.15, -0.1) is 0 Å². The summed E-state index contributed by atoms with van der Waals surface area (Å²) in [7, 11) is 0. The highest BCUT2D eigenvalue weighted by molar-refractivity contribution is 6.05. The summed E-state index contributed by atoms with van der Waals surface area (Å²) in [5.41, 5.74) is 16.9. The summed E-state index contributed by atoms with van der Waals surface area (Å²) in [4.78, 5) is 12.6. The molecule has 2 heterocycles. The topological polar surface area (TPSA) is 29.0 Å². The van der Waals surface area contributed by atoms with Crippen LogP contribution in [0.4, 0.5) is 17.1 Å². The van der Waals surface area contributed by atoms with E-state index in [0.717, 1.165) is 39.3 Å². The van der Waals surface area contributed by atoms with Crippen LogP contribution in [-0.2, 0) is 10.8 Å². The Bertz CT molecular complexity index is 2620. The number of rotatable bonds is 3. The maximum absolute atomic E-state index is 5.23. The van der Waals surface area contributed by atoms with Gasteiger partial charge in [0, 0.05) is 33.4 Å². The minimum atomic E-state index is -0.177. The molecule has 0 amide bonds. The lowest BCUT2D eigenvalue weighted by Crippen LogP contribution is -2.55. The molecule has 0 aliphatic heterocycles. The Hall–Kier alpha value is -5.28. The third-order valence-electron chi connectivity index (χ3n) is 14.3. The quantitative estimate of drug-likeness (QED) is 0.175. The molecule has 6 aliphatic rings. The third-order valence-corrected chi connectivity index (χ3v) is 14.3. The van der Waals surface area contributed by atoms with Crippen molar-refractivity contribution in [3.63, 3.8) is 0 Å². The molecule has 6 aliphatic carbocycles. The highest BCUT2D eigenvalue weighted by Gasteiger charge is 2.62. The molecule has 3 heteroatoms. The van der Waals surface area contributed by atoms with Crippen LogP contribution in [0.3, 0.4) is 0 Å². The normalized spacial score (nSPS) is 25.3. The second-order valence-electron chi connectivity index (χ2n) is 17.0. The van der Waals surface area contributed by atoms with Gasteiger partial charge in [0.05, 0.1) is 34.3 Å². The molecule has 52 heavy (non-hydrogen) atoms. The van der Waals surface area contributed by atoms with E-state index in [9.17, 15) is 0 Å². The second-order valence-corrected chi connectivity index (χ2v) is 17.0. The van der Waals surface area contributed by atoms with Crippen molar-refractivity contribution in [1.82, 2.24) is 9.97 Å². The average molecular weight is 672 g/mol. The molecule has 1 spiro atoms. The molecule has 7 aromatic rings. The van der Waals surface area contributed by atoms with Crippen molar-refractivity contribution in [3.8, 4) is 22.3 Å². The number of aromatic nitrogens is 2. The Labute approximate surface area is 305 Å². The molecule has 4 saturated carbocycles. The predicted molar refractivity (Wildman–Crippen MR) is 213 cm³/mol. The summed E-state index contributed by atoms with van der Waals surface area (Å²) < 4.78 is 0. The molecule has 0 unspecified atom stereocenters. The Kier molecular flexibility index (Phi) is 5.74. The molecular weight excluding hydrogens is 631 g/mol. The number of benzene rings is 5. The lowest BCUT2D eigenvalue weighted by molar-refractivity contribution is -0.0399. The molecule has 0 atom stereocenters. The molecule has 3 nitrogen and oxygen atoms in total. The van der Waals surface area contributed by atoms with E-state index in [1.54, 1.807) is 11.1 Å². The van der Waals surface area contributed by atoms with Gasteiger partial charge in [-0.25, -0.2) is 0 Å². The van der Waals surface area contributed by atoms with Crippen molar-refractivity contribution in [2.24, 2.45) is 23.7 Å². The van der Waals surface area contributed by atoms with E-state index in [1.165, 1.54) is 76.9 Å². The summed E-state index contributed by atoms with van der Waals surface area (Å²) >= 11 is 0. The van der Waals surface area contributed by atoms with Crippen molar-refractivity contribution in [2.75, 3.05) is 4.90 Å². The molecule has 252 valence electrons. The summed E-state index contributed by atoms with van der Waals surface area (Å²) in [5, 5.41) is 2.22. The van der Waals surface area contributed by atoms with Crippen molar-refractivity contribution in [3.05, 3.63) is 150 Å². The van der Waals surface area contributed by atoms with Crippen LogP contribution in [-0.4, -0.2) is 9.97 Å². The van der Waals surface area contributed by atoms with E-state index < -0.39 is 0 Å². The van der Waals surface area contributed by atoms with Gasteiger partial charge >= 0.3 is 0 Å². The van der Waals surface area contributed by atoms with Crippen LogP contribution in [0.2, 0.25) is 0 Å². The summed E-state index contributed by atoms with van der Waals surface area (Å²) in [6.07, 6.45) is 11.0. The van der Waals surface area contributed by atoms with E-state index in [-0.39, 0.29) is 10.8 Å². The highest BCUT2D eigenvalue weighted by Crippen LogP contribution is 2.70. The van der Waals surface area contributed by atoms with Crippen LogP contribution in [0.25, 0.3) is 44.1 Å². The van der Waals surface area contributed by atoms with Crippen LogP contribution in [0.5, 0.6) is 0 Å². The Morgan fingerprint density at radius 1 is 0.558 bits per heavy atom. The van der Waals surface area contributed by atoms with Gasteiger partial charge in [-0.1, -0.05) is 105 Å². The van der Waals surface area contributed by atoms with Gasteiger partial charge in [0.25, 0.3) is 0 Å². The predicted octanol–water partition coefficient (Wildman–Crippen LogP) is 12.3. The molecule has 4 bridgehead atoms. The van der Waals surface area contributed by atoms with Gasteiger partial charge in [0.2, 0.25) is 0 Å². The second kappa shape index (κ2) is 10.2. The molecule has 4 fully saturated rings. The van der Waals surface area contributed by atoms with Gasteiger partial charge in [-0.3, -0.25) is 9.97 Å². The van der Waals surface area contributed by atoms with Crippen LogP contribution in [0, 0.1) is 23.7 Å². The van der Waals surface area contributed by atoms with E-state index in [1.807, 2.05) is 12.3 Å². The van der Waals surface area contributed by atoms with Gasteiger partial charge < -0.3 is 4.90 Å². The standard InChI is InChI=1S/C49H41N3/c1-48(2)39-14-5-3-11-36(39)37-13-7-18-43(45(37)48)52(35-27-32-20-19-31-10-9-21-50-46(31)47(32)51-28-35)42-17-8-16-41-44(42)38-12-4-6-15-40(38)49(41)33-23-29-22-30(25-33)26-34(49)24-29/h3-21,27-30,33-34H,22-26H2,1-2H3. The fourth-order valence-corrected chi connectivity index (χ4v) is 12.6. The minimum absolute atomic E-state index is 0.0986. The zero-order chi connectivity index (χ0) is 34.3. The zero-order valence-electron chi connectivity index (χ0n) is 29.8. The SMILES string of the molecule is CC1(C)c2ccccc2-c2cccc(N(c3cnc4c(ccc5cccnc54)c3)c3cccc4c3-c3ccccc3C43C4CC5CC(C4)CC3C5)c21. The number of hydrogen-bond donors (Lipinski definition) is 0. The van der Waals surface area contributed by atoms with E-state index in [0.29, 0.717) is 11.8 Å². The highest BCUT2D eigenvalue weighted by atomic mass is 15.2. The van der Waals surface area contributed by atoms with Crippen molar-refractivity contribution in [2.45, 2.75) is 56.8 Å². The smallest absolute Gasteiger partial charge is 0.0966 e. The molecule has 2 aromatic heterocycles. The first-order chi connectivity index (χ1) is 25.5. The maximum Gasteiger partial charge on any atom is 0.0966 e. The number of hydrogen-bond acceptors (Lipinski definition) is 3. The van der Waals surface area contributed by atoms with E-state index in [2.05, 4.69) is 134 Å². The van der Waals surface area contributed by atoms with Crippen LogP contribution >= 0.6 is 0 Å². The van der Waals surface area contributed by atoms with Gasteiger partial charge in [0.1, 0.15) is 0 Å². The summed E-state index contributed by atoms with van der Waals surface area (Å²) in [5.74, 6) is 3.25. The Balaban J connectivity index is 1.15. The third kappa shape index (κ3) is 3.62. The number of pyridine rings is 2. The zero-order valence-corrected chi connectivity index (χ0v) is 29.8. The lowest BCUT2D eigenvalue weighted by Gasteiger charge is -2.61. The molecule has 5 aromatic carbocycles. The first-order valence-corrected chi connectivity index (χ1v) is 19.4. The summed E-state index contributed by atoms with van der Waals surface area (Å²) in [6, 6.07) is 43.7. The van der Waals surface area contributed by atoms with E-state index >= 15 is 0 Å².